The molecule has 1 N–H and O–H groups in total. The molecule has 2 saturated heterocycles. The molecule has 0 saturated carbocycles. The van der Waals surface area contributed by atoms with Crippen LogP contribution in [0.2, 0.25) is 5.02 Å². The third-order valence-corrected chi connectivity index (χ3v) is 6.59. The van der Waals surface area contributed by atoms with E-state index in [0.29, 0.717) is 6.54 Å². The number of sulfonamides is 1. The Morgan fingerprint density at radius 2 is 2.00 bits per heavy atom. The van der Waals surface area contributed by atoms with E-state index in [2.05, 4.69) is 5.32 Å². The van der Waals surface area contributed by atoms with Gasteiger partial charge in [0.2, 0.25) is 10.0 Å². The lowest BCUT2D eigenvalue weighted by atomic mass is 10.1. The van der Waals surface area contributed by atoms with Crippen molar-refractivity contribution in [1.82, 2.24) is 9.62 Å². The summed E-state index contributed by atoms with van der Waals surface area (Å²) in [4.78, 5) is 0.0244. The zero-order valence-corrected chi connectivity index (χ0v) is 14.2. The van der Waals surface area contributed by atoms with Crippen molar-refractivity contribution in [3.8, 4) is 6.07 Å². The van der Waals surface area contributed by atoms with Crippen LogP contribution < -0.4 is 5.32 Å². The van der Waals surface area contributed by atoms with Gasteiger partial charge in [-0.1, -0.05) is 17.7 Å². The summed E-state index contributed by atoms with van der Waals surface area (Å²) in [6, 6.07) is 6.49. The summed E-state index contributed by atoms with van der Waals surface area (Å²) in [7, 11) is -3.70. The molecule has 0 amide bonds. The number of nitrogens with one attached hydrogen (secondary N) is 1. The fourth-order valence-electron chi connectivity index (χ4n) is 3.27. The molecule has 0 aromatic heterocycles. The Morgan fingerprint density at radius 3 is 2.73 bits per heavy atom. The average molecular weight is 362 g/mol. The lowest BCUT2D eigenvalue weighted by molar-refractivity contribution is 0.334. The van der Waals surface area contributed by atoms with Crippen LogP contribution in [0.25, 0.3) is 0 Å². The van der Waals surface area contributed by atoms with Crippen molar-refractivity contribution in [2.45, 2.75) is 36.2 Å². The summed E-state index contributed by atoms with van der Waals surface area (Å²) >= 11 is 5.98. The highest BCUT2D eigenvalue weighted by atomic mass is 35.5. The van der Waals surface area contributed by atoms with Crippen LogP contribution in [0, 0.1) is 11.3 Å². The molecule has 2 aliphatic rings. The Labute approximate surface area is 141 Å². The first-order chi connectivity index (χ1) is 10.1. The zero-order valence-electron chi connectivity index (χ0n) is 11.8. The molecule has 1 aromatic carbocycles. The van der Waals surface area contributed by atoms with Gasteiger partial charge >= 0.3 is 0 Å². The largest absolute Gasteiger partial charge is 0.315 e. The standard InChI is InChI=1S/C14H16ClN3O2S.ClH/c15-13-2-1-3-14(12(13)8-16)21(19,20)18-10-4-5-11(18)9-17-7-6-10;/h1-3,10-11,17H,4-7,9H2;1H. The summed E-state index contributed by atoms with van der Waals surface area (Å²) in [6.45, 7) is 1.49. The van der Waals surface area contributed by atoms with Crippen molar-refractivity contribution in [2.24, 2.45) is 0 Å². The van der Waals surface area contributed by atoms with Crippen LogP contribution in [-0.2, 0) is 10.0 Å². The second-order valence-electron chi connectivity index (χ2n) is 5.44. The molecule has 1 aromatic rings. The molecule has 2 heterocycles. The normalized spacial score (nSPS) is 25.1. The first kappa shape index (κ1) is 17.5. The Hall–Kier alpha value is -0.840. The van der Waals surface area contributed by atoms with E-state index in [1.807, 2.05) is 6.07 Å². The molecule has 120 valence electrons. The molecule has 3 rings (SSSR count). The van der Waals surface area contributed by atoms with Crippen LogP contribution in [0.3, 0.4) is 0 Å². The van der Waals surface area contributed by atoms with E-state index in [-0.39, 0.29) is 40.0 Å². The molecule has 5 nitrogen and oxygen atoms in total. The van der Waals surface area contributed by atoms with Crippen molar-refractivity contribution >= 4 is 34.0 Å². The van der Waals surface area contributed by atoms with E-state index >= 15 is 0 Å². The molecule has 0 radical (unpaired) electrons. The predicted molar refractivity (Wildman–Crippen MR) is 86.7 cm³/mol. The summed E-state index contributed by atoms with van der Waals surface area (Å²) in [6.07, 6.45) is 2.55. The van der Waals surface area contributed by atoms with Gasteiger partial charge in [0, 0.05) is 18.6 Å². The van der Waals surface area contributed by atoms with Gasteiger partial charge in [0.05, 0.1) is 10.6 Å². The molecule has 22 heavy (non-hydrogen) atoms. The molecule has 2 unspecified atom stereocenters. The monoisotopic (exact) mass is 361 g/mol. The van der Waals surface area contributed by atoms with E-state index in [1.54, 1.807) is 10.4 Å². The fourth-order valence-corrected chi connectivity index (χ4v) is 5.61. The summed E-state index contributed by atoms with van der Waals surface area (Å²) < 4.78 is 27.6. The fraction of sp³-hybridized carbons (Fsp3) is 0.500. The topological polar surface area (TPSA) is 73.2 Å². The SMILES string of the molecule is Cl.N#Cc1c(Cl)cccc1S(=O)(=O)N1C2CCNCC1CC2. The van der Waals surface area contributed by atoms with Crippen molar-refractivity contribution in [2.75, 3.05) is 13.1 Å². The second-order valence-corrected chi connectivity index (χ2v) is 7.66. The van der Waals surface area contributed by atoms with Crippen molar-refractivity contribution < 1.29 is 8.42 Å². The summed E-state index contributed by atoms with van der Waals surface area (Å²) in [5.41, 5.74) is 0.0378. The predicted octanol–water partition coefficient (Wildman–Crippen LogP) is 2.15. The van der Waals surface area contributed by atoms with Crippen LogP contribution in [0.1, 0.15) is 24.8 Å². The van der Waals surface area contributed by atoms with Crippen LogP contribution in [0.5, 0.6) is 0 Å². The first-order valence-corrected chi connectivity index (χ1v) is 8.80. The Morgan fingerprint density at radius 1 is 1.27 bits per heavy atom. The van der Waals surface area contributed by atoms with Crippen LogP contribution in [0.4, 0.5) is 0 Å². The minimum atomic E-state index is -3.70. The summed E-state index contributed by atoms with van der Waals surface area (Å²) in [5, 5.41) is 12.7. The van der Waals surface area contributed by atoms with Gasteiger partial charge in [-0.05, 0) is 37.9 Å². The maximum absolute atomic E-state index is 13.0. The Bertz CT molecular complexity index is 689. The van der Waals surface area contributed by atoms with Gasteiger partial charge in [0.1, 0.15) is 11.0 Å². The van der Waals surface area contributed by atoms with Gasteiger partial charge in [-0.15, -0.1) is 12.4 Å². The van der Waals surface area contributed by atoms with Gasteiger partial charge in [0.15, 0.2) is 0 Å². The molecule has 2 fully saturated rings. The van der Waals surface area contributed by atoms with Crippen molar-refractivity contribution in [3.63, 3.8) is 0 Å². The maximum Gasteiger partial charge on any atom is 0.244 e. The van der Waals surface area contributed by atoms with Gasteiger partial charge in [-0.25, -0.2) is 8.42 Å². The highest BCUT2D eigenvalue weighted by molar-refractivity contribution is 7.89. The highest BCUT2D eigenvalue weighted by Gasteiger charge is 2.43. The number of hydrogen-bond acceptors (Lipinski definition) is 4. The number of halogens is 2. The first-order valence-electron chi connectivity index (χ1n) is 6.98. The third-order valence-electron chi connectivity index (χ3n) is 4.23. The van der Waals surface area contributed by atoms with Crippen LogP contribution >= 0.6 is 24.0 Å². The van der Waals surface area contributed by atoms with Crippen LogP contribution in [0.15, 0.2) is 23.1 Å². The van der Waals surface area contributed by atoms with E-state index in [4.69, 9.17) is 11.6 Å². The molecule has 8 heteroatoms. The number of hydrogen-bond donors (Lipinski definition) is 1. The molecule has 0 aliphatic carbocycles. The van der Waals surface area contributed by atoms with Crippen LogP contribution in [-0.4, -0.2) is 37.9 Å². The van der Waals surface area contributed by atoms with E-state index in [1.165, 1.54) is 12.1 Å². The average Bonchev–Trinajstić information content (AvgIpc) is 2.72. The van der Waals surface area contributed by atoms with Crippen molar-refractivity contribution in [1.29, 1.82) is 5.26 Å². The molecule has 2 atom stereocenters. The van der Waals surface area contributed by atoms with Gasteiger partial charge < -0.3 is 5.32 Å². The minimum Gasteiger partial charge on any atom is -0.315 e. The van der Waals surface area contributed by atoms with E-state index in [0.717, 1.165) is 25.8 Å². The molecule has 0 spiro atoms. The lowest BCUT2D eigenvalue weighted by Gasteiger charge is -2.27. The molecular weight excluding hydrogens is 345 g/mol. The number of rotatable bonds is 2. The zero-order chi connectivity index (χ0) is 15.0. The number of fused-ring (bicyclic) bond motifs is 2. The van der Waals surface area contributed by atoms with Gasteiger partial charge in [-0.2, -0.15) is 9.57 Å². The Balaban J connectivity index is 0.00000176. The molecule has 2 bridgehead atoms. The lowest BCUT2D eigenvalue weighted by Crippen LogP contribution is -2.42. The van der Waals surface area contributed by atoms with Gasteiger partial charge in [-0.3, -0.25) is 0 Å². The van der Waals surface area contributed by atoms with E-state index < -0.39 is 10.0 Å². The molecule has 2 aliphatic heterocycles. The van der Waals surface area contributed by atoms with E-state index in [9.17, 15) is 13.7 Å². The smallest absolute Gasteiger partial charge is 0.244 e. The highest BCUT2D eigenvalue weighted by Crippen LogP contribution is 2.35. The quantitative estimate of drug-likeness (QED) is 0.875. The number of nitrogens with zero attached hydrogens (tertiary/aromatic N) is 2. The van der Waals surface area contributed by atoms with Gasteiger partial charge in [0.25, 0.3) is 0 Å². The number of nitriles is 1. The minimum absolute atomic E-state index is 0. The third kappa shape index (κ3) is 2.84. The summed E-state index contributed by atoms with van der Waals surface area (Å²) in [5.74, 6) is 0. The van der Waals surface area contributed by atoms with Crippen molar-refractivity contribution in [3.05, 3.63) is 28.8 Å². The Kier molecular flexibility index (Phi) is 5.36. The number of benzene rings is 1. The molecular formula is C14H17Cl2N3O2S. The maximum atomic E-state index is 13.0. The second kappa shape index (κ2) is 6.73.